The third-order valence-electron chi connectivity index (χ3n) is 11.6. The summed E-state index contributed by atoms with van der Waals surface area (Å²) in [7, 11) is 0. The van der Waals surface area contributed by atoms with Gasteiger partial charge in [0.2, 0.25) is 0 Å². The fourth-order valence-electron chi connectivity index (χ4n) is 8.84. The fraction of sp³-hybridized carbons (Fsp3) is 0.0345. The molecule has 6 heteroatoms. The van der Waals surface area contributed by atoms with Crippen LogP contribution < -0.4 is 20.1 Å². The zero-order valence-electron chi connectivity index (χ0n) is 34.9. The number of amides is 2. The number of nitrogens with one attached hydrogen (secondary N) is 2. The number of hydrogen-bond donors (Lipinski definition) is 2. The van der Waals surface area contributed by atoms with E-state index in [2.05, 4.69) is 156 Å². The number of rotatable bonds is 12. The fourth-order valence-corrected chi connectivity index (χ4v) is 8.84. The monoisotopic (exact) mass is 832 g/mol. The molecule has 0 saturated carbocycles. The molecule has 9 rings (SSSR count). The molecule has 310 valence electrons. The third-order valence-corrected chi connectivity index (χ3v) is 11.6. The zero-order chi connectivity index (χ0) is 43.6. The van der Waals surface area contributed by atoms with Gasteiger partial charge in [0, 0.05) is 17.4 Å². The van der Waals surface area contributed by atoms with E-state index in [4.69, 9.17) is 9.47 Å². The highest BCUT2D eigenvalue weighted by Gasteiger charge is 2.39. The van der Waals surface area contributed by atoms with Crippen LogP contribution in [0.4, 0.5) is 21.0 Å². The molecule has 64 heavy (non-hydrogen) atoms. The van der Waals surface area contributed by atoms with Gasteiger partial charge in [0.25, 0.3) is 0 Å². The SMILES string of the molecule is O=C(Nc1ccc(C(c2ccccc2)(c2ccccc2)c2ccccc2)cc1)Oc1cccc(OC(=O)Nc2ccc(C(c3ccccc3)(c3ccccc3)c3ccccc3)cc2)c1. The van der Waals surface area contributed by atoms with Gasteiger partial charge in [-0.25, -0.2) is 9.59 Å². The molecule has 0 spiro atoms. The van der Waals surface area contributed by atoms with Crippen LogP contribution in [0.25, 0.3) is 0 Å². The molecule has 0 aromatic heterocycles. The highest BCUT2D eigenvalue weighted by molar-refractivity contribution is 5.87. The van der Waals surface area contributed by atoms with E-state index in [0.29, 0.717) is 11.4 Å². The Morgan fingerprint density at radius 3 is 0.766 bits per heavy atom. The van der Waals surface area contributed by atoms with Crippen LogP contribution >= 0.6 is 0 Å². The predicted molar refractivity (Wildman–Crippen MR) is 255 cm³/mol. The van der Waals surface area contributed by atoms with Crippen LogP contribution in [0.5, 0.6) is 11.5 Å². The summed E-state index contributed by atoms with van der Waals surface area (Å²) in [6.07, 6.45) is -1.38. The molecule has 6 nitrogen and oxygen atoms in total. The van der Waals surface area contributed by atoms with Crippen molar-refractivity contribution in [1.82, 2.24) is 0 Å². The maximum Gasteiger partial charge on any atom is 0.417 e. The Morgan fingerprint density at radius 2 is 0.516 bits per heavy atom. The summed E-state index contributed by atoms with van der Waals surface area (Å²) in [6.45, 7) is 0. The second-order valence-corrected chi connectivity index (χ2v) is 15.4. The zero-order valence-corrected chi connectivity index (χ0v) is 34.9. The van der Waals surface area contributed by atoms with Gasteiger partial charge in [0.15, 0.2) is 0 Å². The summed E-state index contributed by atoms with van der Waals surface area (Å²) in [5, 5.41) is 5.69. The Kier molecular flexibility index (Phi) is 11.9. The van der Waals surface area contributed by atoms with Crippen molar-refractivity contribution in [3.63, 3.8) is 0 Å². The molecule has 0 radical (unpaired) electrons. The first-order chi connectivity index (χ1) is 31.5. The van der Waals surface area contributed by atoms with Gasteiger partial charge in [-0.15, -0.1) is 0 Å². The van der Waals surface area contributed by atoms with Crippen molar-refractivity contribution in [1.29, 1.82) is 0 Å². The largest absolute Gasteiger partial charge is 0.417 e. The minimum atomic E-state index is -0.688. The Morgan fingerprint density at radius 1 is 0.281 bits per heavy atom. The van der Waals surface area contributed by atoms with E-state index in [1.165, 1.54) is 6.07 Å². The van der Waals surface area contributed by atoms with Crippen LogP contribution in [-0.4, -0.2) is 12.2 Å². The van der Waals surface area contributed by atoms with Gasteiger partial charge in [0.1, 0.15) is 11.5 Å². The summed E-state index contributed by atoms with van der Waals surface area (Å²) in [5.41, 5.74) is 8.68. The number of ether oxygens (including phenoxy) is 2. The van der Waals surface area contributed by atoms with Gasteiger partial charge >= 0.3 is 12.2 Å². The van der Waals surface area contributed by atoms with Crippen LogP contribution in [-0.2, 0) is 10.8 Å². The summed E-state index contributed by atoms with van der Waals surface area (Å²) >= 11 is 0. The van der Waals surface area contributed by atoms with Gasteiger partial charge in [-0.2, -0.15) is 0 Å². The molecule has 0 heterocycles. The first-order valence-corrected chi connectivity index (χ1v) is 21.2. The van der Waals surface area contributed by atoms with Crippen molar-refractivity contribution in [2.24, 2.45) is 0 Å². The van der Waals surface area contributed by atoms with Crippen LogP contribution in [0.2, 0.25) is 0 Å². The van der Waals surface area contributed by atoms with Crippen LogP contribution in [0.3, 0.4) is 0 Å². The van der Waals surface area contributed by atoms with E-state index >= 15 is 0 Å². The molecule has 0 aliphatic rings. The molecule has 9 aromatic rings. The Hall–Kier alpha value is -8.48. The van der Waals surface area contributed by atoms with Crippen molar-refractivity contribution in [3.05, 3.63) is 299 Å². The van der Waals surface area contributed by atoms with E-state index in [0.717, 1.165) is 44.5 Å². The molecular weight excluding hydrogens is 789 g/mol. The topological polar surface area (TPSA) is 76.7 Å². The van der Waals surface area contributed by atoms with Crippen molar-refractivity contribution in [2.45, 2.75) is 10.8 Å². The summed E-state index contributed by atoms with van der Waals surface area (Å²) in [5.74, 6) is 0.415. The third kappa shape index (κ3) is 8.28. The highest BCUT2D eigenvalue weighted by Crippen LogP contribution is 2.46. The number of anilines is 2. The first-order valence-electron chi connectivity index (χ1n) is 21.2. The van der Waals surface area contributed by atoms with Gasteiger partial charge in [-0.1, -0.05) is 212 Å². The lowest BCUT2D eigenvalue weighted by atomic mass is 9.65. The predicted octanol–water partition coefficient (Wildman–Crippen LogP) is 13.7. The van der Waals surface area contributed by atoms with Crippen molar-refractivity contribution >= 4 is 23.6 Å². The molecule has 0 saturated heterocycles. The van der Waals surface area contributed by atoms with E-state index in [9.17, 15) is 9.59 Å². The Balaban J connectivity index is 0.891. The Bertz CT molecular complexity index is 2540. The maximum absolute atomic E-state index is 13.2. The van der Waals surface area contributed by atoms with E-state index in [-0.39, 0.29) is 11.5 Å². The lowest BCUT2D eigenvalue weighted by molar-refractivity contribution is 0.213. The summed E-state index contributed by atoms with van der Waals surface area (Å²) < 4.78 is 11.3. The quantitative estimate of drug-likeness (QED) is 0.120. The first kappa shape index (κ1) is 40.9. The molecule has 0 fully saturated rings. The van der Waals surface area contributed by atoms with Crippen molar-refractivity contribution in [2.75, 3.05) is 10.6 Å². The molecule has 2 amide bonds. The molecule has 9 aromatic carbocycles. The minimum Gasteiger partial charge on any atom is -0.410 e. The molecular formula is C58H44N2O4. The van der Waals surface area contributed by atoms with Gasteiger partial charge in [0.05, 0.1) is 10.8 Å². The second kappa shape index (κ2) is 18.6. The molecule has 2 N–H and O–H groups in total. The number of hydrogen-bond acceptors (Lipinski definition) is 4. The Labute approximate surface area is 373 Å². The molecule has 0 unspecified atom stereocenters. The lowest BCUT2D eigenvalue weighted by Crippen LogP contribution is -2.31. The normalized spacial score (nSPS) is 11.2. The number of benzene rings is 9. The second-order valence-electron chi connectivity index (χ2n) is 15.4. The standard InChI is InChI=1S/C58H44N2O4/c61-55(59-51-38-34-49(35-39-51)57(43-20-7-1-8-21-43,44-22-9-2-10-23-44)45-24-11-3-12-25-45)63-53-32-19-33-54(42-53)64-56(62)60-52-40-36-50(37-41-52)58(46-26-13-4-14-27-46,47-28-15-5-16-29-47)48-30-17-6-18-31-48/h1-42H,(H,59,61)(H,60,62). The maximum atomic E-state index is 13.2. The van der Waals surface area contributed by atoms with E-state index in [1.54, 1.807) is 18.2 Å². The van der Waals surface area contributed by atoms with E-state index in [1.807, 2.05) is 84.9 Å². The molecule has 0 bridgehead atoms. The highest BCUT2D eigenvalue weighted by atomic mass is 16.6. The lowest BCUT2D eigenvalue weighted by Gasteiger charge is -2.37. The van der Waals surface area contributed by atoms with E-state index < -0.39 is 23.0 Å². The van der Waals surface area contributed by atoms with Crippen LogP contribution in [0.1, 0.15) is 44.5 Å². The smallest absolute Gasteiger partial charge is 0.410 e. The molecule has 0 aliphatic carbocycles. The van der Waals surface area contributed by atoms with Gasteiger partial charge in [-0.05, 0) is 80.9 Å². The summed E-state index contributed by atoms with van der Waals surface area (Å²) in [6, 6.07) is 84.7. The van der Waals surface area contributed by atoms with Crippen LogP contribution in [0, 0.1) is 0 Å². The average Bonchev–Trinajstić information content (AvgIpc) is 3.35. The molecule has 0 atom stereocenters. The summed E-state index contributed by atoms with van der Waals surface area (Å²) in [4.78, 5) is 26.4. The number of carbonyl (C=O) groups is 2. The number of carbonyl (C=O) groups excluding carboxylic acids is 2. The average molecular weight is 833 g/mol. The van der Waals surface area contributed by atoms with Gasteiger partial charge < -0.3 is 9.47 Å². The van der Waals surface area contributed by atoms with Crippen molar-refractivity contribution < 1.29 is 19.1 Å². The van der Waals surface area contributed by atoms with Crippen LogP contribution in [0.15, 0.2) is 255 Å². The van der Waals surface area contributed by atoms with Crippen molar-refractivity contribution in [3.8, 4) is 11.5 Å². The van der Waals surface area contributed by atoms with Gasteiger partial charge in [-0.3, -0.25) is 10.6 Å². The molecule has 0 aliphatic heterocycles. The minimum absolute atomic E-state index is 0.207.